The molecule has 1 fully saturated rings. The van der Waals surface area contributed by atoms with Crippen molar-refractivity contribution in [1.82, 2.24) is 28.1 Å². The minimum atomic E-state index is -3.47. The highest BCUT2D eigenvalue weighted by Gasteiger charge is 2.33. The standard InChI is InChI=1S/C17H26N6O3S/c1-5-21(6-2)27(25,26)22-9-7-20(8-10-22)17(24)15-12-18-23-14(4)11-13(3)19-16(15)23/h11-12H,5-10H2,1-4H3. The van der Waals surface area contributed by atoms with Crippen molar-refractivity contribution in [1.29, 1.82) is 0 Å². The summed E-state index contributed by atoms with van der Waals surface area (Å²) in [5.41, 5.74) is 2.72. The van der Waals surface area contributed by atoms with Crippen LogP contribution in [0.25, 0.3) is 5.65 Å². The molecule has 0 saturated carbocycles. The summed E-state index contributed by atoms with van der Waals surface area (Å²) in [5, 5.41) is 4.27. The van der Waals surface area contributed by atoms with E-state index in [1.807, 2.05) is 33.8 Å². The third kappa shape index (κ3) is 3.56. The molecule has 2 aromatic heterocycles. The largest absolute Gasteiger partial charge is 0.336 e. The molecule has 1 amide bonds. The lowest BCUT2D eigenvalue weighted by Gasteiger charge is -2.36. The minimum Gasteiger partial charge on any atom is -0.336 e. The number of hydrogen-bond acceptors (Lipinski definition) is 5. The van der Waals surface area contributed by atoms with Crippen LogP contribution >= 0.6 is 0 Å². The fourth-order valence-corrected chi connectivity index (χ4v) is 5.03. The van der Waals surface area contributed by atoms with Crippen molar-refractivity contribution in [3.63, 3.8) is 0 Å². The van der Waals surface area contributed by atoms with Gasteiger partial charge in [-0.25, -0.2) is 9.50 Å². The van der Waals surface area contributed by atoms with E-state index in [4.69, 9.17) is 0 Å². The zero-order valence-corrected chi connectivity index (χ0v) is 17.0. The SMILES string of the molecule is CCN(CC)S(=O)(=O)N1CCN(C(=O)c2cnn3c(C)cc(C)nc23)CC1. The highest BCUT2D eigenvalue weighted by molar-refractivity contribution is 7.86. The molecular formula is C17H26N6O3S. The average Bonchev–Trinajstić information content (AvgIpc) is 3.06. The molecule has 27 heavy (non-hydrogen) atoms. The summed E-state index contributed by atoms with van der Waals surface area (Å²) in [6.45, 7) is 9.58. The predicted molar refractivity (Wildman–Crippen MR) is 102 cm³/mol. The van der Waals surface area contributed by atoms with Gasteiger partial charge >= 0.3 is 0 Å². The summed E-state index contributed by atoms with van der Waals surface area (Å²) in [6.07, 6.45) is 1.54. The summed E-state index contributed by atoms with van der Waals surface area (Å²) in [4.78, 5) is 19.1. The smallest absolute Gasteiger partial charge is 0.282 e. The molecule has 1 saturated heterocycles. The number of aromatic nitrogens is 3. The third-order valence-corrected chi connectivity index (χ3v) is 7.08. The molecule has 0 aromatic carbocycles. The molecule has 148 valence electrons. The van der Waals surface area contributed by atoms with Crippen LogP contribution in [-0.2, 0) is 10.2 Å². The van der Waals surface area contributed by atoms with Crippen LogP contribution in [0.4, 0.5) is 0 Å². The maximum Gasteiger partial charge on any atom is 0.282 e. The summed E-state index contributed by atoms with van der Waals surface area (Å²) >= 11 is 0. The highest BCUT2D eigenvalue weighted by Crippen LogP contribution is 2.17. The van der Waals surface area contributed by atoms with E-state index in [2.05, 4.69) is 10.1 Å². The van der Waals surface area contributed by atoms with Crippen LogP contribution < -0.4 is 0 Å². The topological polar surface area (TPSA) is 91.1 Å². The van der Waals surface area contributed by atoms with Crippen molar-refractivity contribution in [3.05, 3.63) is 29.2 Å². The maximum atomic E-state index is 13.0. The fourth-order valence-electron chi connectivity index (χ4n) is 3.43. The quantitative estimate of drug-likeness (QED) is 0.744. The van der Waals surface area contributed by atoms with Gasteiger partial charge in [-0.3, -0.25) is 4.79 Å². The molecule has 3 rings (SSSR count). The van der Waals surface area contributed by atoms with Gasteiger partial charge in [0.2, 0.25) is 0 Å². The highest BCUT2D eigenvalue weighted by atomic mass is 32.2. The Kier molecular flexibility index (Phi) is 5.50. The Bertz CT molecular complexity index is 943. The van der Waals surface area contributed by atoms with Gasteiger partial charge < -0.3 is 4.90 Å². The van der Waals surface area contributed by atoms with Crippen LogP contribution in [0.3, 0.4) is 0 Å². The van der Waals surface area contributed by atoms with Crippen LogP contribution in [-0.4, -0.2) is 81.7 Å². The molecule has 2 aromatic rings. The molecule has 0 N–H and O–H groups in total. The van der Waals surface area contributed by atoms with E-state index in [0.29, 0.717) is 37.4 Å². The molecule has 0 aliphatic carbocycles. The van der Waals surface area contributed by atoms with Crippen molar-refractivity contribution in [2.45, 2.75) is 27.7 Å². The molecule has 0 bridgehead atoms. The second-order valence-electron chi connectivity index (χ2n) is 6.62. The number of aryl methyl sites for hydroxylation is 2. The van der Waals surface area contributed by atoms with Gasteiger partial charge in [-0.1, -0.05) is 13.8 Å². The molecule has 0 atom stereocenters. The normalized spacial score (nSPS) is 16.4. The molecule has 0 radical (unpaired) electrons. The van der Waals surface area contributed by atoms with E-state index in [1.54, 1.807) is 9.42 Å². The van der Waals surface area contributed by atoms with Gasteiger partial charge in [-0.05, 0) is 19.9 Å². The number of rotatable bonds is 5. The van der Waals surface area contributed by atoms with E-state index in [0.717, 1.165) is 11.4 Å². The lowest BCUT2D eigenvalue weighted by atomic mass is 10.2. The number of hydrogen-bond donors (Lipinski definition) is 0. The van der Waals surface area contributed by atoms with Gasteiger partial charge in [0.1, 0.15) is 5.56 Å². The Morgan fingerprint density at radius 1 is 1.15 bits per heavy atom. The third-order valence-electron chi connectivity index (χ3n) is 4.89. The molecule has 9 nitrogen and oxygen atoms in total. The van der Waals surface area contributed by atoms with Crippen LogP contribution in [0, 0.1) is 13.8 Å². The van der Waals surface area contributed by atoms with Crippen molar-refractivity contribution >= 4 is 21.8 Å². The molecule has 10 heteroatoms. The van der Waals surface area contributed by atoms with E-state index < -0.39 is 10.2 Å². The van der Waals surface area contributed by atoms with Gasteiger partial charge in [0.05, 0.1) is 6.20 Å². The first-order chi connectivity index (χ1) is 12.8. The molecular weight excluding hydrogens is 368 g/mol. The second-order valence-corrected chi connectivity index (χ2v) is 8.54. The Morgan fingerprint density at radius 3 is 2.37 bits per heavy atom. The van der Waals surface area contributed by atoms with Crippen molar-refractivity contribution < 1.29 is 13.2 Å². The Morgan fingerprint density at radius 2 is 1.78 bits per heavy atom. The maximum absolute atomic E-state index is 13.0. The summed E-state index contributed by atoms with van der Waals surface area (Å²) in [5.74, 6) is -0.164. The summed E-state index contributed by atoms with van der Waals surface area (Å²) in [7, 11) is -3.47. The summed E-state index contributed by atoms with van der Waals surface area (Å²) in [6, 6.07) is 1.91. The number of nitrogens with zero attached hydrogens (tertiary/aromatic N) is 6. The van der Waals surface area contributed by atoms with Crippen LogP contribution in [0.5, 0.6) is 0 Å². The molecule has 1 aliphatic rings. The zero-order valence-electron chi connectivity index (χ0n) is 16.2. The number of amides is 1. The Labute approximate surface area is 159 Å². The van der Waals surface area contributed by atoms with Crippen molar-refractivity contribution in [2.24, 2.45) is 0 Å². The van der Waals surface area contributed by atoms with E-state index in [1.165, 1.54) is 14.8 Å². The number of fused-ring (bicyclic) bond motifs is 1. The molecule has 0 spiro atoms. The van der Waals surface area contributed by atoms with Crippen LogP contribution in [0.15, 0.2) is 12.3 Å². The Hall–Kier alpha value is -2.04. The van der Waals surface area contributed by atoms with E-state index >= 15 is 0 Å². The van der Waals surface area contributed by atoms with Crippen LogP contribution in [0.1, 0.15) is 35.6 Å². The first kappa shape index (κ1) is 19.7. The van der Waals surface area contributed by atoms with Crippen molar-refractivity contribution in [2.75, 3.05) is 39.3 Å². The van der Waals surface area contributed by atoms with E-state index in [9.17, 15) is 13.2 Å². The fraction of sp³-hybridized carbons (Fsp3) is 0.588. The zero-order chi connectivity index (χ0) is 19.8. The average molecular weight is 395 g/mol. The number of carbonyl (C=O) groups excluding carboxylic acids is 1. The van der Waals surface area contributed by atoms with Gasteiger partial charge in [-0.2, -0.15) is 22.1 Å². The molecule has 3 heterocycles. The van der Waals surface area contributed by atoms with Crippen molar-refractivity contribution in [3.8, 4) is 0 Å². The van der Waals surface area contributed by atoms with Gasteiger partial charge in [0, 0.05) is 50.7 Å². The lowest BCUT2D eigenvalue weighted by Crippen LogP contribution is -2.54. The summed E-state index contributed by atoms with van der Waals surface area (Å²) < 4.78 is 29.8. The predicted octanol–water partition coefficient (Wildman–Crippen LogP) is 0.691. The van der Waals surface area contributed by atoms with E-state index in [-0.39, 0.29) is 19.0 Å². The monoisotopic (exact) mass is 394 g/mol. The second kappa shape index (κ2) is 7.53. The van der Waals surface area contributed by atoms with Crippen LogP contribution in [0.2, 0.25) is 0 Å². The number of piperazine rings is 1. The van der Waals surface area contributed by atoms with Gasteiger partial charge in [0.25, 0.3) is 16.1 Å². The number of carbonyl (C=O) groups is 1. The Balaban J connectivity index is 1.76. The minimum absolute atomic E-state index is 0.164. The first-order valence-corrected chi connectivity index (χ1v) is 10.6. The van der Waals surface area contributed by atoms with Gasteiger partial charge in [0.15, 0.2) is 5.65 Å². The molecule has 1 aliphatic heterocycles. The lowest BCUT2D eigenvalue weighted by molar-refractivity contribution is 0.0696. The molecule has 0 unspecified atom stereocenters. The van der Waals surface area contributed by atoms with Gasteiger partial charge in [-0.15, -0.1) is 0 Å². The first-order valence-electron chi connectivity index (χ1n) is 9.16.